The summed E-state index contributed by atoms with van der Waals surface area (Å²) < 4.78 is 27.8. The Morgan fingerprint density at radius 3 is 2.76 bits per heavy atom. The fraction of sp³-hybridized carbons (Fsp3) is 0.600. The average Bonchev–Trinajstić information content (AvgIpc) is 2.52. The molecular formula is C15H24N4O5S. The van der Waals surface area contributed by atoms with Crippen molar-refractivity contribution in [2.45, 2.75) is 45.9 Å². The minimum absolute atomic E-state index is 0.0116. The largest absolute Gasteiger partial charge is 0.444 e. The first-order valence-electron chi connectivity index (χ1n) is 7.86. The number of aromatic nitrogens is 1. The second-order valence-electron chi connectivity index (χ2n) is 6.71. The van der Waals surface area contributed by atoms with Gasteiger partial charge in [0.2, 0.25) is 10.0 Å². The molecule has 0 saturated carbocycles. The van der Waals surface area contributed by atoms with E-state index in [-0.39, 0.29) is 12.7 Å². The summed E-state index contributed by atoms with van der Waals surface area (Å²) in [6, 6.07) is 3.59. The molecule has 2 rings (SSSR count). The molecule has 0 fully saturated rings. The van der Waals surface area contributed by atoms with Crippen LogP contribution in [0.3, 0.4) is 0 Å². The van der Waals surface area contributed by atoms with Gasteiger partial charge >= 0.3 is 6.09 Å². The second kappa shape index (κ2) is 7.65. The maximum Gasteiger partial charge on any atom is 0.410 e. The zero-order valence-electron chi connectivity index (χ0n) is 14.6. The topological polar surface area (TPSA) is 124 Å². The molecule has 3 N–H and O–H groups in total. The van der Waals surface area contributed by atoms with Gasteiger partial charge in [-0.25, -0.2) is 13.2 Å². The fourth-order valence-electron chi connectivity index (χ4n) is 2.25. The van der Waals surface area contributed by atoms with E-state index in [1.54, 1.807) is 11.0 Å². The van der Waals surface area contributed by atoms with E-state index in [0.29, 0.717) is 25.2 Å². The summed E-state index contributed by atoms with van der Waals surface area (Å²) in [5, 5.41) is 0. The lowest BCUT2D eigenvalue weighted by molar-refractivity contribution is 0.0222. The van der Waals surface area contributed by atoms with E-state index in [1.165, 1.54) is 0 Å². The molecule has 0 bridgehead atoms. The third-order valence-corrected chi connectivity index (χ3v) is 4.19. The van der Waals surface area contributed by atoms with Gasteiger partial charge in [-0.2, -0.15) is 0 Å². The fourth-order valence-corrected chi connectivity index (χ4v) is 2.56. The zero-order valence-corrected chi connectivity index (χ0v) is 15.4. The number of ether oxygens (including phenoxy) is 1. The smallest absolute Gasteiger partial charge is 0.410 e. The number of fused-ring (bicyclic) bond motifs is 1. The highest BCUT2D eigenvalue weighted by Gasteiger charge is 2.26. The third kappa shape index (κ3) is 5.92. The number of amides is 1. The highest BCUT2D eigenvalue weighted by atomic mass is 32.2. The lowest BCUT2D eigenvalue weighted by Gasteiger charge is -2.30. The first-order chi connectivity index (χ1) is 11.6. The molecule has 1 aliphatic rings. The molecule has 0 saturated heterocycles. The summed E-state index contributed by atoms with van der Waals surface area (Å²) in [6.07, 6.45) is 0.249. The Bertz CT molecular complexity index is 730. The van der Waals surface area contributed by atoms with Crippen molar-refractivity contribution in [2.24, 2.45) is 5.73 Å². The van der Waals surface area contributed by atoms with Crippen LogP contribution in [-0.4, -0.2) is 42.4 Å². The number of hydrogen-bond acceptors (Lipinski definition) is 7. The lowest BCUT2D eigenvalue weighted by atomic mass is 10.1. The van der Waals surface area contributed by atoms with Crippen LogP contribution in [0.4, 0.5) is 4.79 Å². The van der Waals surface area contributed by atoms with Gasteiger partial charge in [0.25, 0.3) is 0 Å². The highest BCUT2D eigenvalue weighted by molar-refractivity contribution is 7.89. The number of sulfonamides is 1. The Kier molecular flexibility index (Phi) is 5.99. The Balaban J connectivity index is 1.96. The number of nitrogens with one attached hydrogen (secondary N) is 1. The molecule has 25 heavy (non-hydrogen) atoms. The summed E-state index contributed by atoms with van der Waals surface area (Å²) in [6.45, 7) is 6.42. The number of rotatable bonds is 5. The average molecular weight is 372 g/mol. The number of carbonyl (C=O) groups is 1. The Hall–Kier alpha value is -1.75. The molecule has 1 aliphatic heterocycles. The van der Waals surface area contributed by atoms with Gasteiger partial charge in [0.1, 0.15) is 18.1 Å². The van der Waals surface area contributed by atoms with E-state index in [9.17, 15) is 13.2 Å². The number of carbonyl (C=O) groups excluding carboxylic acids is 1. The summed E-state index contributed by atoms with van der Waals surface area (Å²) >= 11 is 0. The van der Waals surface area contributed by atoms with E-state index in [2.05, 4.69) is 4.98 Å². The SMILES string of the molecule is CC(C)(C)OC(=O)N1CCc2nc(CONS(=O)(=O)CN)ccc2C1. The molecule has 0 atom stereocenters. The van der Waals surface area contributed by atoms with E-state index >= 15 is 0 Å². The molecule has 140 valence electrons. The van der Waals surface area contributed by atoms with Gasteiger partial charge in [-0.05, 0) is 32.4 Å². The number of hydrogen-bond donors (Lipinski definition) is 2. The van der Waals surface area contributed by atoms with Crippen molar-refractivity contribution >= 4 is 16.1 Å². The standard InChI is InChI=1S/C15H24N4O5S/c1-15(2,3)24-14(20)19-7-6-13-11(8-19)4-5-12(17-13)9-23-18-25(21,22)10-16/h4-5,18H,6-10,16H2,1-3H3. The van der Waals surface area contributed by atoms with Crippen LogP contribution in [0.2, 0.25) is 0 Å². The van der Waals surface area contributed by atoms with Gasteiger partial charge < -0.3 is 15.4 Å². The normalized spacial score (nSPS) is 15.0. The molecule has 1 amide bonds. The predicted molar refractivity (Wildman–Crippen MR) is 90.5 cm³/mol. The lowest BCUT2D eigenvalue weighted by Crippen LogP contribution is -2.40. The van der Waals surface area contributed by atoms with Gasteiger partial charge in [0, 0.05) is 18.7 Å². The van der Waals surface area contributed by atoms with Gasteiger partial charge in [0.15, 0.2) is 0 Å². The van der Waals surface area contributed by atoms with Gasteiger partial charge in [-0.3, -0.25) is 9.82 Å². The first-order valence-corrected chi connectivity index (χ1v) is 9.52. The molecule has 1 aromatic heterocycles. The molecule has 10 heteroatoms. The third-order valence-electron chi connectivity index (χ3n) is 3.38. The minimum Gasteiger partial charge on any atom is -0.444 e. The highest BCUT2D eigenvalue weighted by Crippen LogP contribution is 2.20. The van der Waals surface area contributed by atoms with Crippen molar-refractivity contribution in [1.82, 2.24) is 14.8 Å². The van der Waals surface area contributed by atoms with Crippen molar-refractivity contribution in [3.63, 3.8) is 0 Å². The first kappa shape index (κ1) is 19.6. The van der Waals surface area contributed by atoms with Gasteiger partial charge in [0.05, 0.1) is 12.2 Å². The van der Waals surface area contributed by atoms with E-state index in [0.717, 1.165) is 11.3 Å². The number of nitrogens with two attached hydrogens (primary N) is 1. The molecule has 0 radical (unpaired) electrons. The number of nitrogens with zero attached hydrogens (tertiary/aromatic N) is 2. The summed E-state index contributed by atoms with van der Waals surface area (Å²) in [5.74, 6) is -0.550. The van der Waals surface area contributed by atoms with Crippen LogP contribution in [-0.2, 0) is 39.2 Å². The summed E-state index contributed by atoms with van der Waals surface area (Å²) in [4.78, 5) is 25.1. The summed E-state index contributed by atoms with van der Waals surface area (Å²) in [5.41, 5.74) is 6.91. The molecule has 0 unspecified atom stereocenters. The van der Waals surface area contributed by atoms with Crippen LogP contribution in [0.5, 0.6) is 0 Å². The number of pyridine rings is 1. The quantitative estimate of drug-likeness (QED) is 0.727. The van der Waals surface area contributed by atoms with Crippen molar-refractivity contribution in [2.75, 3.05) is 12.4 Å². The van der Waals surface area contributed by atoms with Crippen molar-refractivity contribution in [1.29, 1.82) is 0 Å². The predicted octanol–water partition coefficient (Wildman–Crippen LogP) is 0.642. The minimum atomic E-state index is -3.62. The molecule has 0 aromatic carbocycles. The zero-order chi connectivity index (χ0) is 18.7. The van der Waals surface area contributed by atoms with E-state index < -0.39 is 21.5 Å². The van der Waals surface area contributed by atoms with Crippen LogP contribution >= 0.6 is 0 Å². The molecule has 0 aliphatic carbocycles. The Morgan fingerprint density at radius 1 is 1.40 bits per heavy atom. The van der Waals surface area contributed by atoms with Crippen LogP contribution < -0.4 is 10.6 Å². The van der Waals surface area contributed by atoms with Crippen LogP contribution in [0, 0.1) is 0 Å². The van der Waals surface area contributed by atoms with Crippen LogP contribution in [0.15, 0.2) is 12.1 Å². The van der Waals surface area contributed by atoms with Crippen molar-refractivity contribution < 1.29 is 22.8 Å². The van der Waals surface area contributed by atoms with Crippen LogP contribution in [0.25, 0.3) is 0 Å². The van der Waals surface area contributed by atoms with Gasteiger partial charge in [-0.15, -0.1) is 0 Å². The Morgan fingerprint density at radius 2 is 2.12 bits per heavy atom. The second-order valence-corrected chi connectivity index (χ2v) is 8.44. The maximum absolute atomic E-state index is 12.1. The van der Waals surface area contributed by atoms with Crippen molar-refractivity contribution in [3.8, 4) is 0 Å². The van der Waals surface area contributed by atoms with E-state index in [4.69, 9.17) is 15.3 Å². The monoisotopic (exact) mass is 372 g/mol. The molecule has 0 spiro atoms. The van der Waals surface area contributed by atoms with Gasteiger partial charge in [-0.1, -0.05) is 11.0 Å². The van der Waals surface area contributed by atoms with Crippen LogP contribution in [0.1, 0.15) is 37.7 Å². The maximum atomic E-state index is 12.1. The molecular weight excluding hydrogens is 348 g/mol. The van der Waals surface area contributed by atoms with E-state index in [1.807, 2.05) is 31.7 Å². The Labute approximate surface area is 147 Å². The van der Waals surface area contributed by atoms with Crippen molar-refractivity contribution in [3.05, 3.63) is 29.1 Å². The summed E-state index contributed by atoms with van der Waals surface area (Å²) in [7, 11) is -3.62. The molecule has 1 aromatic rings. The molecule has 2 heterocycles. The molecule has 9 nitrogen and oxygen atoms in total.